The number of nitrogens with zero attached hydrogens (tertiary/aromatic N) is 1. The first-order valence-electron chi connectivity index (χ1n) is 3.78. The van der Waals surface area contributed by atoms with Crippen molar-refractivity contribution in [3.63, 3.8) is 0 Å². The van der Waals surface area contributed by atoms with Crippen LogP contribution in [0.3, 0.4) is 0 Å². The summed E-state index contributed by atoms with van der Waals surface area (Å²) in [5.74, 6) is -3.39. The molecule has 0 fully saturated rings. The maximum atomic E-state index is 13.0. The van der Waals surface area contributed by atoms with E-state index in [4.69, 9.17) is 10.4 Å². The van der Waals surface area contributed by atoms with Gasteiger partial charge >= 0.3 is 12.3 Å². The number of benzene rings is 1. The summed E-state index contributed by atoms with van der Waals surface area (Å²) in [6.07, 6.45) is -2.63. The van der Waals surface area contributed by atoms with E-state index in [1.54, 1.807) is 6.07 Å². The van der Waals surface area contributed by atoms with E-state index < -0.39 is 23.9 Å². The molecule has 0 aliphatic heterocycles. The zero-order chi connectivity index (χ0) is 11.4. The van der Waals surface area contributed by atoms with Crippen molar-refractivity contribution in [1.29, 1.82) is 5.26 Å². The molecule has 0 bridgehead atoms. The molecule has 1 N–H and O–H groups in total. The predicted molar refractivity (Wildman–Crippen MR) is 44.3 cm³/mol. The number of aliphatic carboxylic acids is 1. The fraction of sp³-hybridized carbons (Fsp3) is 0.111. The second-order valence-electron chi connectivity index (χ2n) is 2.53. The summed E-state index contributed by atoms with van der Waals surface area (Å²) in [6.45, 7) is 0. The number of hydrogen-bond donors (Lipinski definition) is 1. The van der Waals surface area contributed by atoms with Crippen molar-refractivity contribution in [2.24, 2.45) is 0 Å². The normalized spacial score (nSPS) is 11.5. The van der Waals surface area contributed by atoms with Gasteiger partial charge in [0.05, 0.1) is 11.6 Å². The molecule has 0 heterocycles. The zero-order valence-corrected chi connectivity index (χ0v) is 7.28. The highest BCUT2D eigenvalue weighted by Gasteiger charge is 2.19. The van der Waals surface area contributed by atoms with Crippen LogP contribution in [0.1, 0.15) is 5.56 Å². The average Bonchev–Trinajstić information content (AvgIpc) is 2.20. The van der Waals surface area contributed by atoms with Crippen LogP contribution < -0.4 is 4.74 Å². The number of rotatable bonds is 3. The summed E-state index contributed by atoms with van der Waals surface area (Å²) in [5, 5.41) is 16.6. The van der Waals surface area contributed by atoms with E-state index in [0.717, 1.165) is 12.1 Å². The maximum Gasteiger partial charge on any atom is 0.378 e. The van der Waals surface area contributed by atoms with Crippen molar-refractivity contribution in [3.8, 4) is 11.8 Å². The van der Waals surface area contributed by atoms with E-state index in [2.05, 4.69) is 4.74 Å². The number of hydrogen-bond acceptors (Lipinski definition) is 3. The van der Waals surface area contributed by atoms with Crippen molar-refractivity contribution in [2.45, 2.75) is 6.36 Å². The molecule has 78 valence electrons. The Labute approximate surface area is 83.3 Å². The molecule has 15 heavy (non-hydrogen) atoms. The summed E-state index contributed by atoms with van der Waals surface area (Å²) in [5.41, 5.74) is 0.0329. The van der Waals surface area contributed by atoms with E-state index in [0.29, 0.717) is 0 Å². The Morgan fingerprint density at radius 3 is 2.73 bits per heavy atom. The van der Waals surface area contributed by atoms with Gasteiger partial charge < -0.3 is 9.84 Å². The van der Waals surface area contributed by atoms with Gasteiger partial charge in [0, 0.05) is 0 Å². The van der Waals surface area contributed by atoms with Crippen LogP contribution in [0.5, 0.6) is 5.75 Å². The summed E-state index contributed by atoms with van der Waals surface area (Å²) in [4.78, 5) is 10.1. The zero-order valence-electron chi connectivity index (χ0n) is 7.28. The van der Waals surface area contributed by atoms with Gasteiger partial charge in [0.1, 0.15) is 0 Å². The molecule has 1 aromatic carbocycles. The molecule has 0 amide bonds. The molecule has 1 rings (SSSR count). The van der Waals surface area contributed by atoms with Crippen LogP contribution >= 0.6 is 0 Å². The summed E-state index contributed by atoms with van der Waals surface area (Å²) in [7, 11) is 0. The van der Waals surface area contributed by atoms with Gasteiger partial charge in [0.2, 0.25) is 0 Å². The Kier molecular flexibility index (Phi) is 3.18. The Morgan fingerprint density at radius 1 is 1.60 bits per heavy atom. The van der Waals surface area contributed by atoms with Crippen molar-refractivity contribution in [3.05, 3.63) is 29.6 Å². The molecular formula is C9H5F2NO3. The third-order valence-corrected chi connectivity index (χ3v) is 1.49. The highest BCUT2D eigenvalue weighted by atomic mass is 19.1. The van der Waals surface area contributed by atoms with Crippen LogP contribution in [0.25, 0.3) is 0 Å². The van der Waals surface area contributed by atoms with Crippen LogP contribution in [-0.4, -0.2) is 17.4 Å². The molecule has 0 aliphatic carbocycles. The molecule has 0 spiro atoms. The Bertz CT molecular complexity index is 428. The van der Waals surface area contributed by atoms with Crippen LogP contribution in [0.2, 0.25) is 0 Å². The minimum absolute atomic E-state index is 0.0329. The van der Waals surface area contributed by atoms with Gasteiger partial charge in [-0.3, -0.25) is 0 Å². The van der Waals surface area contributed by atoms with Crippen LogP contribution in [-0.2, 0) is 4.79 Å². The fourth-order valence-electron chi connectivity index (χ4n) is 0.828. The summed E-state index contributed by atoms with van der Waals surface area (Å²) < 4.78 is 29.7. The van der Waals surface area contributed by atoms with Crippen LogP contribution in [0.15, 0.2) is 18.2 Å². The van der Waals surface area contributed by atoms with E-state index in [9.17, 15) is 13.6 Å². The van der Waals surface area contributed by atoms with Gasteiger partial charge in [0.25, 0.3) is 0 Å². The Hall–Kier alpha value is -2.16. The highest BCUT2D eigenvalue weighted by molar-refractivity contribution is 5.70. The first-order chi connectivity index (χ1) is 7.04. The lowest BCUT2D eigenvalue weighted by atomic mass is 10.2. The quantitative estimate of drug-likeness (QED) is 0.824. The smallest absolute Gasteiger partial charge is 0.378 e. The summed E-state index contributed by atoms with van der Waals surface area (Å²) in [6, 6.07) is 4.67. The summed E-state index contributed by atoms with van der Waals surface area (Å²) >= 11 is 0. The van der Waals surface area contributed by atoms with Crippen molar-refractivity contribution < 1.29 is 23.4 Å². The predicted octanol–water partition coefficient (Wildman–Crippen LogP) is 1.46. The lowest BCUT2D eigenvalue weighted by Gasteiger charge is -2.07. The molecular weight excluding hydrogens is 208 g/mol. The molecule has 0 saturated carbocycles. The van der Waals surface area contributed by atoms with Gasteiger partial charge in [-0.1, -0.05) is 0 Å². The molecule has 0 aliphatic rings. The third kappa shape index (κ3) is 2.64. The number of ether oxygens (including phenoxy) is 1. The standard InChI is InChI=1S/C9H5F2NO3/c10-6-3-5(4-12)1-2-7(6)15-8(11)9(13)14/h1-3,8H,(H,13,14). The lowest BCUT2D eigenvalue weighted by molar-refractivity contribution is -0.153. The molecule has 6 heteroatoms. The van der Waals surface area contributed by atoms with E-state index in [-0.39, 0.29) is 5.56 Å². The number of carboxylic acid groups (broad SMARTS) is 1. The van der Waals surface area contributed by atoms with Gasteiger partial charge in [0.15, 0.2) is 11.6 Å². The van der Waals surface area contributed by atoms with Crippen LogP contribution in [0.4, 0.5) is 8.78 Å². The highest BCUT2D eigenvalue weighted by Crippen LogP contribution is 2.19. The molecule has 0 radical (unpaired) electrons. The molecule has 4 nitrogen and oxygen atoms in total. The first kappa shape index (κ1) is 10.9. The minimum Gasteiger partial charge on any atom is -0.476 e. The largest absolute Gasteiger partial charge is 0.476 e. The monoisotopic (exact) mass is 213 g/mol. The minimum atomic E-state index is -2.63. The van der Waals surface area contributed by atoms with Crippen LogP contribution in [0, 0.1) is 17.1 Å². The van der Waals surface area contributed by atoms with Gasteiger partial charge in [-0.05, 0) is 18.2 Å². The number of halogens is 2. The first-order valence-corrected chi connectivity index (χ1v) is 3.78. The average molecular weight is 213 g/mol. The number of alkyl halides is 1. The van der Waals surface area contributed by atoms with Gasteiger partial charge in [-0.15, -0.1) is 0 Å². The van der Waals surface area contributed by atoms with Gasteiger partial charge in [-0.2, -0.15) is 9.65 Å². The van der Waals surface area contributed by atoms with Crippen molar-refractivity contribution in [2.75, 3.05) is 0 Å². The molecule has 1 atom stereocenters. The third-order valence-electron chi connectivity index (χ3n) is 1.49. The topological polar surface area (TPSA) is 70.3 Å². The molecule has 1 aromatic rings. The van der Waals surface area contributed by atoms with E-state index in [1.807, 2.05) is 0 Å². The van der Waals surface area contributed by atoms with E-state index >= 15 is 0 Å². The second kappa shape index (κ2) is 4.37. The second-order valence-corrected chi connectivity index (χ2v) is 2.53. The SMILES string of the molecule is N#Cc1ccc(OC(F)C(=O)O)c(F)c1. The fourth-order valence-corrected chi connectivity index (χ4v) is 0.828. The molecule has 0 aromatic heterocycles. The number of nitriles is 1. The number of carbonyl (C=O) groups is 1. The van der Waals surface area contributed by atoms with Crippen molar-refractivity contribution >= 4 is 5.97 Å². The number of carboxylic acids is 1. The molecule has 1 unspecified atom stereocenters. The Morgan fingerprint density at radius 2 is 2.27 bits per heavy atom. The molecule has 0 saturated heterocycles. The Balaban J connectivity index is 2.88. The maximum absolute atomic E-state index is 13.0. The van der Waals surface area contributed by atoms with Crippen molar-refractivity contribution in [1.82, 2.24) is 0 Å². The van der Waals surface area contributed by atoms with E-state index in [1.165, 1.54) is 6.07 Å². The lowest BCUT2D eigenvalue weighted by Crippen LogP contribution is -2.21. The van der Waals surface area contributed by atoms with Gasteiger partial charge in [-0.25, -0.2) is 9.18 Å².